The van der Waals surface area contributed by atoms with E-state index in [0.717, 1.165) is 10.2 Å². The Hall–Kier alpha value is -4.62. The molecule has 9 nitrogen and oxygen atoms in total. The Labute approximate surface area is 218 Å². The lowest BCUT2D eigenvalue weighted by Crippen LogP contribution is -2.21. The number of nitrogens with zero attached hydrogens (tertiary/aromatic N) is 3. The highest BCUT2D eigenvalue weighted by Crippen LogP contribution is 2.35. The summed E-state index contributed by atoms with van der Waals surface area (Å²) in [6.45, 7) is 0. The number of carbonyl (C=O) groups excluding carboxylic acids is 2. The highest BCUT2D eigenvalue weighted by Gasteiger charge is 2.14. The Morgan fingerprint density at radius 2 is 1.68 bits per heavy atom. The van der Waals surface area contributed by atoms with E-state index in [1.807, 2.05) is 18.2 Å². The second-order valence-corrected chi connectivity index (χ2v) is 8.92. The number of nitriles is 1. The van der Waals surface area contributed by atoms with Crippen LogP contribution in [0.15, 0.2) is 60.7 Å². The lowest BCUT2D eigenvalue weighted by molar-refractivity contribution is -0.113. The zero-order valence-corrected chi connectivity index (χ0v) is 21.6. The molecule has 1 heterocycles. The molecule has 10 heteroatoms. The molecule has 0 aliphatic carbocycles. The van der Waals surface area contributed by atoms with Gasteiger partial charge < -0.3 is 24.8 Å². The third-order valence-electron chi connectivity index (χ3n) is 5.17. The zero-order valence-electron chi connectivity index (χ0n) is 20.8. The number of aldehydes is 1. The fraction of sp³-hybridized carbons (Fsp3) is 0.185. The van der Waals surface area contributed by atoms with Crippen molar-refractivity contribution in [1.29, 1.82) is 5.26 Å². The van der Waals surface area contributed by atoms with Gasteiger partial charge in [-0.15, -0.1) is 0 Å². The second kappa shape index (κ2) is 12.4. The highest BCUT2D eigenvalue weighted by molar-refractivity contribution is 7.22. The summed E-state index contributed by atoms with van der Waals surface area (Å²) in [7, 11) is 6.56. The van der Waals surface area contributed by atoms with Gasteiger partial charge in [-0.1, -0.05) is 23.5 Å². The van der Waals surface area contributed by atoms with Gasteiger partial charge in [-0.05, 0) is 42.0 Å². The van der Waals surface area contributed by atoms with Gasteiger partial charge in [0.25, 0.3) is 5.91 Å². The van der Waals surface area contributed by atoms with Crippen LogP contribution in [0.3, 0.4) is 0 Å². The Kier molecular flexibility index (Phi) is 9.02. The molecule has 0 aliphatic rings. The summed E-state index contributed by atoms with van der Waals surface area (Å²) in [5.41, 5.74) is 8.15. The van der Waals surface area contributed by atoms with E-state index < -0.39 is 6.10 Å². The molecular weight excluding hydrogens is 492 g/mol. The van der Waals surface area contributed by atoms with Gasteiger partial charge in [-0.2, -0.15) is 5.26 Å². The number of nitrogen functional groups attached to an aromatic ring is 1. The SMILES string of the molecule is CN(C)C(=O)c1ccc(C(C=O)Oc2ccc(C#N)cc2)cc1.COc1cc2nc(N)sc2cc1OC. The van der Waals surface area contributed by atoms with Crippen LogP contribution in [0.5, 0.6) is 17.2 Å². The minimum atomic E-state index is -0.772. The van der Waals surface area contributed by atoms with Gasteiger partial charge in [0, 0.05) is 31.8 Å². The van der Waals surface area contributed by atoms with Crippen molar-refractivity contribution < 1.29 is 23.8 Å². The number of nitrogens with two attached hydrogens (primary N) is 1. The molecule has 1 amide bonds. The number of rotatable bonds is 7. The molecule has 37 heavy (non-hydrogen) atoms. The molecular formula is C27H26N4O5S. The van der Waals surface area contributed by atoms with Crippen LogP contribution >= 0.6 is 11.3 Å². The maximum Gasteiger partial charge on any atom is 0.253 e. The van der Waals surface area contributed by atoms with Crippen molar-refractivity contribution >= 4 is 38.9 Å². The summed E-state index contributed by atoms with van der Waals surface area (Å²) in [6.07, 6.45) is -0.0764. The molecule has 0 fully saturated rings. The van der Waals surface area contributed by atoms with E-state index in [9.17, 15) is 9.59 Å². The van der Waals surface area contributed by atoms with Crippen molar-refractivity contribution in [3.05, 3.63) is 77.4 Å². The third kappa shape index (κ3) is 6.74. The fourth-order valence-corrected chi connectivity index (χ4v) is 4.02. The minimum Gasteiger partial charge on any atom is -0.493 e. The van der Waals surface area contributed by atoms with Crippen molar-refractivity contribution in [2.24, 2.45) is 0 Å². The normalized spacial score (nSPS) is 10.9. The van der Waals surface area contributed by atoms with Gasteiger partial charge in [0.05, 0.1) is 36.1 Å². The Balaban J connectivity index is 0.000000231. The summed E-state index contributed by atoms with van der Waals surface area (Å²) >= 11 is 1.43. The van der Waals surface area contributed by atoms with Crippen molar-refractivity contribution in [1.82, 2.24) is 9.88 Å². The molecule has 0 radical (unpaired) electrons. The average molecular weight is 519 g/mol. The quantitative estimate of drug-likeness (QED) is 0.355. The van der Waals surface area contributed by atoms with Crippen LogP contribution < -0.4 is 19.9 Å². The highest BCUT2D eigenvalue weighted by atomic mass is 32.1. The van der Waals surface area contributed by atoms with Crippen molar-refractivity contribution in [3.8, 4) is 23.3 Å². The summed E-state index contributed by atoms with van der Waals surface area (Å²) in [5.74, 6) is 1.76. The van der Waals surface area contributed by atoms with Gasteiger partial charge in [0.1, 0.15) is 5.75 Å². The summed E-state index contributed by atoms with van der Waals surface area (Å²) < 4.78 is 16.9. The fourth-order valence-electron chi connectivity index (χ4n) is 3.28. The van der Waals surface area contributed by atoms with Crippen LogP contribution in [0.25, 0.3) is 10.2 Å². The number of methoxy groups -OCH3 is 2. The number of amides is 1. The van der Waals surface area contributed by atoms with E-state index in [-0.39, 0.29) is 5.91 Å². The molecule has 190 valence electrons. The maximum absolute atomic E-state index is 11.8. The lowest BCUT2D eigenvalue weighted by Gasteiger charge is -2.15. The van der Waals surface area contributed by atoms with E-state index in [0.29, 0.717) is 45.4 Å². The molecule has 1 atom stereocenters. The Morgan fingerprint density at radius 3 is 2.22 bits per heavy atom. The van der Waals surface area contributed by atoms with Crippen LogP contribution in [0.1, 0.15) is 27.6 Å². The van der Waals surface area contributed by atoms with Gasteiger partial charge >= 0.3 is 0 Å². The van der Waals surface area contributed by atoms with Crippen molar-refractivity contribution in [2.45, 2.75) is 6.10 Å². The van der Waals surface area contributed by atoms with Crippen LogP contribution in [-0.4, -0.2) is 50.4 Å². The molecule has 0 saturated heterocycles. The van der Waals surface area contributed by atoms with Crippen LogP contribution in [0.2, 0.25) is 0 Å². The number of aromatic nitrogens is 1. The van der Waals surface area contributed by atoms with E-state index in [2.05, 4.69) is 4.98 Å². The summed E-state index contributed by atoms with van der Waals surface area (Å²) in [6, 6.07) is 18.9. The van der Waals surface area contributed by atoms with Gasteiger partial charge in [0.15, 0.2) is 29.0 Å². The van der Waals surface area contributed by atoms with Crippen LogP contribution in [0.4, 0.5) is 5.13 Å². The topological polar surface area (TPSA) is 128 Å². The first kappa shape index (κ1) is 27.0. The smallest absolute Gasteiger partial charge is 0.253 e. The first-order valence-electron chi connectivity index (χ1n) is 11.0. The van der Waals surface area contributed by atoms with E-state index >= 15 is 0 Å². The number of thiazole rings is 1. The first-order chi connectivity index (χ1) is 17.8. The number of carbonyl (C=O) groups is 2. The van der Waals surface area contributed by atoms with Crippen molar-refractivity contribution in [3.63, 3.8) is 0 Å². The van der Waals surface area contributed by atoms with E-state index in [1.165, 1.54) is 16.2 Å². The molecule has 0 aliphatic heterocycles. The van der Waals surface area contributed by atoms with Crippen molar-refractivity contribution in [2.75, 3.05) is 34.0 Å². The molecule has 0 bridgehead atoms. The molecule has 4 aromatic rings. The average Bonchev–Trinajstić information content (AvgIpc) is 3.29. The number of anilines is 1. The molecule has 0 saturated carbocycles. The standard InChI is InChI=1S/C18H16N2O3.C9H10N2O2S/c1-20(2)18(22)15-7-5-14(6-8-15)17(12-21)23-16-9-3-13(11-19)4-10-16;1-12-6-3-5-8(4-7(6)13-2)14-9(10)11-5/h3-10,12,17H,1-2H3;3-4H,1-2H3,(H2,10,11). The third-order valence-corrected chi connectivity index (χ3v) is 6.02. The minimum absolute atomic E-state index is 0.104. The molecule has 1 unspecified atom stereocenters. The maximum atomic E-state index is 11.8. The Bertz CT molecular complexity index is 1370. The zero-order chi connectivity index (χ0) is 26.9. The number of ether oxygens (including phenoxy) is 3. The predicted octanol–water partition coefficient (Wildman–Crippen LogP) is 4.47. The van der Waals surface area contributed by atoms with Gasteiger partial charge in [-0.3, -0.25) is 9.59 Å². The first-order valence-corrected chi connectivity index (χ1v) is 11.8. The predicted molar refractivity (Wildman–Crippen MR) is 142 cm³/mol. The molecule has 1 aromatic heterocycles. The number of benzene rings is 3. The summed E-state index contributed by atoms with van der Waals surface area (Å²) in [5, 5.41) is 9.32. The van der Waals surface area contributed by atoms with Gasteiger partial charge in [0.2, 0.25) is 0 Å². The van der Waals surface area contributed by atoms with Crippen LogP contribution in [0, 0.1) is 11.3 Å². The second-order valence-electron chi connectivity index (χ2n) is 7.86. The molecule has 0 spiro atoms. The van der Waals surface area contributed by atoms with Gasteiger partial charge in [-0.25, -0.2) is 4.98 Å². The van der Waals surface area contributed by atoms with Crippen LogP contribution in [-0.2, 0) is 4.79 Å². The Morgan fingerprint density at radius 1 is 1.05 bits per heavy atom. The molecule has 3 aromatic carbocycles. The number of fused-ring (bicyclic) bond motifs is 1. The van der Waals surface area contributed by atoms with E-state index in [1.54, 1.807) is 76.8 Å². The number of hydrogen-bond acceptors (Lipinski definition) is 9. The number of hydrogen-bond donors (Lipinski definition) is 1. The lowest BCUT2D eigenvalue weighted by atomic mass is 10.1. The monoisotopic (exact) mass is 518 g/mol. The largest absolute Gasteiger partial charge is 0.493 e. The molecule has 2 N–H and O–H groups in total. The molecule has 4 rings (SSSR count). The van der Waals surface area contributed by atoms with E-state index in [4.69, 9.17) is 25.2 Å². The summed E-state index contributed by atoms with van der Waals surface area (Å²) in [4.78, 5) is 28.8.